The van der Waals surface area contributed by atoms with Gasteiger partial charge in [0.05, 0.1) is 6.10 Å². The first-order valence-corrected chi connectivity index (χ1v) is 10.8. The zero-order valence-electron chi connectivity index (χ0n) is 17.1. The predicted octanol–water partition coefficient (Wildman–Crippen LogP) is 5.78. The number of phenolic OH excluding ortho intramolecular Hbond substituents is 1. The van der Waals surface area contributed by atoms with Crippen molar-refractivity contribution in [1.82, 2.24) is 0 Å². The predicted molar refractivity (Wildman–Crippen MR) is 126 cm³/mol. The van der Waals surface area contributed by atoms with Crippen LogP contribution in [-0.4, -0.2) is 30.0 Å². The van der Waals surface area contributed by atoms with Crippen LogP contribution in [0.4, 0.5) is 0 Å². The summed E-state index contributed by atoms with van der Waals surface area (Å²) < 4.78 is 12.5. The summed E-state index contributed by atoms with van der Waals surface area (Å²) in [6, 6.07) is 15.0. The molecule has 0 amide bonds. The Labute approximate surface area is 186 Å². The highest BCUT2D eigenvalue weighted by Gasteiger charge is 2.28. The molecule has 156 valence electrons. The van der Waals surface area contributed by atoms with Crippen molar-refractivity contribution < 1.29 is 19.5 Å². The molecule has 0 fully saturated rings. The van der Waals surface area contributed by atoms with E-state index >= 15 is 0 Å². The number of benzene rings is 2. The van der Waals surface area contributed by atoms with E-state index in [1.54, 1.807) is 12.1 Å². The van der Waals surface area contributed by atoms with E-state index in [0.717, 1.165) is 38.9 Å². The fourth-order valence-corrected chi connectivity index (χ4v) is 3.76. The van der Waals surface area contributed by atoms with Crippen LogP contribution in [0.25, 0.3) is 6.08 Å². The first-order chi connectivity index (χ1) is 14.4. The van der Waals surface area contributed by atoms with Crippen molar-refractivity contribution in [3.05, 3.63) is 87.9 Å². The smallest absolute Gasteiger partial charge is 0.458 e. The molecule has 0 saturated heterocycles. The second kappa shape index (κ2) is 10.7. The minimum Gasteiger partial charge on any atom is -0.507 e. The zero-order valence-corrected chi connectivity index (χ0v) is 18.6. The summed E-state index contributed by atoms with van der Waals surface area (Å²) in [6.45, 7) is 6.57. The Hall–Kier alpha value is -2.28. The Balaban J connectivity index is 1.63. The molecule has 6 heteroatoms. The lowest BCUT2D eigenvalue weighted by atomic mass is 9.78. The third-order valence-electron chi connectivity index (χ3n) is 4.96. The molecule has 0 saturated carbocycles. The number of allylic oxidation sites excluding steroid dienone is 2. The summed E-state index contributed by atoms with van der Waals surface area (Å²) >= 11 is 3.43. The molecule has 0 aliphatic carbocycles. The summed E-state index contributed by atoms with van der Waals surface area (Å²) in [5.41, 5.74) is 3.71. The topological polar surface area (TPSA) is 58.9 Å². The maximum absolute atomic E-state index is 10.0. The SMILES string of the molecule is C=C(COc1ccccc1)C1=CCB(O)OC1CC/C(C)=C/c1cc(Br)ccc1O. The number of rotatable bonds is 8. The molecule has 30 heavy (non-hydrogen) atoms. The normalized spacial score (nSPS) is 16.9. The Morgan fingerprint density at radius 2 is 2.07 bits per heavy atom. The summed E-state index contributed by atoms with van der Waals surface area (Å²) in [5.74, 6) is 1.04. The summed E-state index contributed by atoms with van der Waals surface area (Å²) in [5, 5.41) is 20.0. The molecule has 0 radical (unpaired) electrons. The van der Waals surface area contributed by atoms with E-state index in [0.29, 0.717) is 19.3 Å². The molecule has 1 aliphatic heterocycles. The maximum Gasteiger partial charge on any atom is 0.458 e. The van der Waals surface area contributed by atoms with Gasteiger partial charge in [-0.2, -0.15) is 0 Å². The molecule has 1 aliphatic rings. The number of aromatic hydroxyl groups is 1. The van der Waals surface area contributed by atoms with Gasteiger partial charge in [-0.3, -0.25) is 0 Å². The second-order valence-corrected chi connectivity index (χ2v) is 8.33. The highest BCUT2D eigenvalue weighted by Crippen LogP contribution is 2.29. The van der Waals surface area contributed by atoms with Crippen LogP contribution < -0.4 is 4.74 Å². The molecule has 2 aromatic rings. The highest BCUT2D eigenvalue weighted by molar-refractivity contribution is 9.10. The van der Waals surface area contributed by atoms with Gasteiger partial charge in [0.25, 0.3) is 0 Å². The molecule has 0 bridgehead atoms. The van der Waals surface area contributed by atoms with Crippen LogP contribution in [0.1, 0.15) is 25.3 Å². The van der Waals surface area contributed by atoms with Crippen LogP contribution in [0.5, 0.6) is 11.5 Å². The van der Waals surface area contributed by atoms with Crippen molar-refractivity contribution in [3.63, 3.8) is 0 Å². The minimum absolute atomic E-state index is 0.244. The quantitative estimate of drug-likeness (QED) is 0.482. The van der Waals surface area contributed by atoms with E-state index in [4.69, 9.17) is 9.39 Å². The molecule has 0 spiro atoms. The Kier molecular flexibility index (Phi) is 7.97. The summed E-state index contributed by atoms with van der Waals surface area (Å²) in [7, 11) is -0.806. The Morgan fingerprint density at radius 1 is 1.30 bits per heavy atom. The van der Waals surface area contributed by atoms with Gasteiger partial charge in [-0.15, -0.1) is 0 Å². The van der Waals surface area contributed by atoms with Crippen molar-refractivity contribution >= 4 is 29.1 Å². The monoisotopic (exact) mass is 468 g/mol. The number of hydrogen-bond acceptors (Lipinski definition) is 4. The van der Waals surface area contributed by atoms with Gasteiger partial charge in [0.2, 0.25) is 0 Å². The number of hydrogen-bond donors (Lipinski definition) is 2. The summed E-state index contributed by atoms with van der Waals surface area (Å²) in [6.07, 6.45) is 5.61. The Bertz CT molecular complexity index is 939. The molecule has 4 nitrogen and oxygen atoms in total. The largest absolute Gasteiger partial charge is 0.507 e. The number of para-hydroxylation sites is 1. The highest BCUT2D eigenvalue weighted by atomic mass is 79.9. The molecular weight excluding hydrogens is 443 g/mol. The van der Waals surface area contributed by atoms with Gasteiger partial charge in [0.15, 0.2) is 0 Å². The first-order valence-electron chi connectivity index (χ1n) is 9.97. The van der Waals surface area contributed by atoms with Crippen LogP contribution in [0.2, 0.25) is 6.32 Å². The molecule has 0 aromatic heterocycles. The maximum atomic E-state index is 10.0. The van der Waals surface area contributed by atoms with Gasteiger partial charge >= 0.3 is 7.12 Å². The zero-order chi connectivity index (χ0) is 21.5. The van der Waals surface area contributed by atoms with Crippen LogP contribution in [0.3, 0.4) is 0 Å². The van der Waals surface area contributed by atoms with E-state index in [9.17, 15) is 10.1 Å². The van der Waals surface area contributed by atoms with Crippen molar-refractivity contribution in [2.75, 3.05) is 6.61 Å². The fourth-order valence-electron chi connectivity index (χ4n) is 3.38. The van der Waals surface area contributed by atoms with Gasteiger partial charge in [-0.05, 0) is 61.2 Å². The lowest BCUT2D eigenvalue weighted by molar-refractivity contribution is 0.181. The fraction of sp³-hybridized carbons (Fsp3) is 0.250. The van der Waals surface area contributed by atoms with Crippen molar-refractivity contribution in [3.8, 4) is 11.5 Å². The first kappa shape index (κ1) is 22.4. The standard InChI is InChI=1S/C24H26BBrO4/c1-17(14-19-15-20(26)9-10-23(19)27)8-11-24-22(12-13-25(28)30-24)18(2)16-29-21-6-4-3-5-7-21/h3-7,9-10,12,14-15,24,27-28H,2,8,11,13,16H2,1H3/b17-14+. The van der Waals surface area contributed by atoms with Crippen molar-refractivity contribution in [2.24, 2.45) is 0 Å². The molecule has 2 aromatic carbocycles. The lowest BCUT2D eigenvalue weighted by Gasteiger charge is -2.28. The van der Waals surface area contributed by atoms with Crippen LogP contribution in [-0.2, 0) is 4.65 Å². The molecule has 2 N–H and O–H groups in total. The number of ether oxygens (including phenoxy) is 1. The van der Waals surface area contributed by atoms with Crippen LogP contribution >= 0.6 is 15.9 Å². The number of phenols is 1. The molecule has 1 heterocycles. The van der Waals surface area contributed by atoms with Gasteiger partial charge in [-0.25, -0.2) is 0 Å². The minimum atomic E-state index is -0.806. The van der Waals surface area contributed by atoms with Gasteiger partial charge in [0.1, 0.15) is 18.1 Å². The third kappa shape index (κ3) is 6.36. The second-order valence-electron chi connectivity index (χ2n) is 7.41. The lowest BCUT2D eigenvalue weighted by Crippen LogP contribution is -2.32. The Morgan fingerprint density at radius 3 is 2.83 bits per heavy atom. The van der Waals surface area contributed by atoms with E-state index in [-0.39, 0.29) is 11.9 Å². The van der Waals surface area contributed by atoms with E-state index in [2.05, 4.69) is 22.5 Å². The molecule has 1 atom stereocenters. The van der Waals surface area contributed by atoms with Crippen LogP contribution in [0, 0.1) is 0 Å². The van der Waals surface area contributed by atoms with E-state index in [1.807, 2.05) is 55.5 Å². The van der Waals surface area contributed by atoms with E-state index < -0.39 is 7.12 Å². The van der Waals surface area contributed by atoms with E-state index in [1.165, 1.54) is 0 Å². The van der Waals surface area contributed by atoms with Gasteiger partial charge in [-0.1, -0.05) is 58.4 Å². The van der Waals surface area contributed by atoms with Crippen molar-refractivity contribution in [2.45, 2.75) is 32.2 Å². The van der Waals surface area contributed by atoms with Crippen LogP contribution in [0.15, 0.2) is 82.4 Å². The van der Waals surface area contributed by atoms with Gasteiger partial charge < -0.3 is 19.5 Å². The third-order valence-corrected chi connectivity index (χ3v) is 5.46. The number of halogens is 1. The van der Waals surface area contributed by atoms with Crippen molar-refractivity contribution in [1.29, 1.82) is 0 Å². The molecular formula is C24H26BBrO4. The van der Waals surface area contributed by atoms with Gasteiger partial charge in [0, 0.05) is 16.4 Å². The average Bonchev–Trinajstić information content (AvgIpc) is 2.74. The average molecular weight is 469 g/mol. The molecule has 1 unspecified atom stereocenters. The molecule has 3 rings (SSSR count). The summed E-state index contributed by atoms with van der Waals surface area (Å²) in [4.78, 5) is 0.